The summed E-state index contributed by atoms with van der Waals surface area (Å²) in [5, 5.41) is 0. The van der Waals surface area contributed by atoms with E-state index in [0.29, 0.717) is 13.0 Å². The fourth-order valence-corrected chi connectivity index (χ4v) is 3.16. The Hall–Kier alpha value is -1.65. The number of benzene rings is 2. The summed E-state index contributed by atoms with van der Waals surface area (Å²) in [6.45, 7) is 0.715. The Bertz CT molecular complexity index is 657. The Morgan fingerprint density at radius 1 is 1.24 bits per heavy atom. The van der Waals surface area contributed by atoms with Crippen molar-refractivity contribution >= 4 is 27.5 Å². The van der Waals surface area contributed by atoms with Crippen LogP contribution in [0.25, 0.3) is 0 Å². The molecular formula is C17H17BrN2O. The van der Waals surface area contributed by atoms with Gasteiger partial charge in [0.2, 0.25) is 5.91 Å². The van der Waals surface area contributed by atoms with Crippen molar-refractivity contribution in [1.82, 2.24) is 0 Å². The van der Waals surface area contributed by atoms with Crippen molar-refractivity contribution in [2.75, 3.05) is 11.4 Å². The summed E-state index contributed by atoms with van der Waals surface area (Å²) in [6.07, 6.45) is 1.46. The maximum atomic E-state index is 12.6. The van der Waals surface area contributed by atoms with Crippen LogP contribution in [0.3, 0.4) is 0 Å². The molecule has 0 fully saturated rings. The molecule has 0 bridgehead atoms. The summed E-state index contributed by atoms with van der Waals surface area (Å²) in [6, 6.07) is 15.4. The van der Waals surface area contributed by atoms with Crippen LogP contribution in [-0.4, -0.2) is 18.5 Å². The van der Waals surface area contributed by atoms with Crippen LogP contribution in [0.5, 0.6) is 0 Å². The molecule has 1 amide bonds. The SMILES string of the molecule is N[C@@H](Cc1ccccc1)C(=O)N1CCc2cc(Br)ccc21. The van der Waals surface area contributed by atoms with Gasteiger partial charge in [-0.15, -0.1) is 0 Å². The molecule has 2 aromatic rings. The van der Waals surface area contributed by atoms with Gasteiger partial charge in [0.15, 0.2) is 0 Å². The Kier molecular flexibility index (Phi) is 4.08. The third-order valence-electron chi connectivity index (χ3n) is 3.82. The van der Waals surface area contributed by atoms with Gasteiger partial charge in [0.25, 0.3) is 0 Å². The normalized spacial score (nSPS) is 14.9. The number of halogens is 1. The Morgan fingerprint density at radius 3 is 2.76 bits per heavy atom. The topological polar surface area (TPSA) is 46.3 Å². The van der Waals surface area contributed by atoms with E-state index in [1.807, 2.05) is 47.4 Å². The Labute approximate surface area is 132 Å². The third kappa shape index (κ3) is 3.01. The van der Waals surface area contributed by atoms with Gasteiger partial charge in [0.05, 0.1) is 6.04 Å². The fraction of sp³-hybridized carbons (Fsp3) is 0.235. The van der Waals surface area contributed by atoms with Crippen LogP contribution in [0, 0.1) is 0 Å². The number of carbonyl (C=O) groups excluding carboxylic acids is 1. The number of amides is 1. The summed E-state index contributed by atoms with van der Waals surface area (Å²) in [5.41, 5.74) is 9.40. The predicted molar refractivity (Wildman–Crippen MR) is 88.3 cm³/mol. The molecule has 0 spiro atoms. The maximum absolute atomic E-state index is 12.6. The molecule has 0 saturated carbocycles. The number of hydrogen-bond acceptors (Lipinski definition) is 2. The molecule has 108 valence electrons. The van der Waals surface area contributed by atoms with Crippen molar-refractivity contribution in [3.05, 3.63) is 64.1 Å². The van der Waals surface area contributed by atoms with Gasteiger partial charge < -0.3 is 10.6 Å². The molecule has 1 atom stereocenters. The van der Waals surface area contributed by atoms with Gasteiger partial charge in [-0.2, -0.15) is 0 Å². The lowest BCUT2D eigenvalue weighted by atomic mass is 10.1. The van der Waals surface area contributed by atoms with Crippen molar-refractivity contribution in [3.8, 4) is 0 Å². The summed E-state index contributed by atoms with van der Waals surface area (Å²) >= 11 is 3.47. The highest BCUT2D eigenvalue weighted by atomic mass is 79.9. The zero-order valence-corrected chi connectivity index (χ0v) is 13.2. The molecule has 4 heteroatoms. The van der Waals surface area contributed by atoms with Gasteiger partial charge >= 0.3 is 0 Å². The van der Waals surface area contributed by atoms with E-state index in [2.05, 4.69) is 22.0 Å². The zero-order chi connectivity index (χ0) is 14.8. The van der Waals surface area contributed by atoms with E-state index in [1.165, 1.54) is 5.56 Å². The van der Waals surface area contributed by atoms with Crippen LogP contribution in [-0.2, 0) is 17.6 Å². The summed E-state index contributed by atoms with van der Waals surface area (Å²) in [5.74, 6) is -0.0000690. The minimum Gasteiger partial charge on any atom is -0.320 e. The average Bonchev–Trinajstić information content (AvgIpc) is 2.90. The fourth-order valence-electron chi connectivity index (χ4n) is 2.75. The number of hydrogen-bond donors (Lipinski definition) is 1. The molecule has 2 aromatic carbocycles. The van der Waals surface area contributed by atoms with Gasteiger partial charge in [-0.3, -0.25) is 4.79 Å². The standard InChI is InChI=1S/C17H17BrN2O/c18-14-6-7-16-13(11-14)8-9-20(16)17(21)15(19)10-12-4-2-1-3-5-12/h1-7,11,15H,8-10,19H2/t15-/m0/s1. The van der Waals surface area contributed by atoms with E-state index in [9.17, 15) is 4.79 Å². The van der Waals surface area contributed by atoms with Crippen LogP contribution in [0.2, 0.25) is 0 Å². The number of rotatable bonds is 3. The summed E-state index contributed by atoms with van der Waals surface area (Å²) in [4.78, 5) is 14.4. The van der Waals surface area contributed by atoms with Gasteiger partial charge in [-0.25, -0.2) is 0 Å². The van der Waals surface area contributed by atoms with Crippen LogP contribution in [0.4, 0.5) is 5.69 Å². The van der Waals surface area contributed by atoms with Crippen LogP contribution >= 0.6 is 15.9 Å². The van der Waals surface area contributed by atoms with E-state index in [0.717, 1.165) is 22.1 Å². The lowest BCUT2D eigenvalue weighted by molar-refractivity contribution is -0.119. The first kappa shape index (κ1) is 14.3. The van der Waals surface area contributed by atoms with E-state index in [1.54, 1.807) is 0 Å². The summed E-state index contributed by atoms with van der Waals surface area (Å²) < 4.78 is 1.05. The first-order valence-corrected chi connectivity index (χ1v) is 7.84. The van der Waals surface area contributed by atoms with Crippen LogP contribution < -0.4 is 10.6 Å². The first-order chi connectivity index (χ1) is 10.1. The molecule has 2 N–H and O–H groups in total. The van der Waals surface area contributed by atoms with Gasteiger partial charge in [0.1, 0.15) is 0 Å². The Morgan fingerprint density at radius 2 is 2.00 bits per heavy atom. The zero-order valence-electron chi connectivity index (χ0n) is 11.6. The second-order valence-corrected chi connectivity index (χ2v) is 6.22. The summed E-state index contributed by atoms with van der Waals surface area (Å²) in [7, 11) is 0. The number of nitrogens with zero attached hydrogens (tertiary/aromatic N) is 1. The number of anilines is 1. The molecule has 0 aromatic heterocycles. The quantitative estimate of drug-likeness (QED) is 0.930. The van der Waals surface area contributed by atoms with E-state index in [-0.39, 0.29) is 5.91 Å². The van der Waals surface area contributed by atoms with Gasteiger partial charge in [-0.1, -0.05) is 46.3 Å². The van der Waals surface area contributed by atoms with Crippen molar-refractivity contribution in [1.29, 1.82) is 0 Å². The van der Waals surface area contributed by atoms with E-state index < -0.39 is 6.04 Å². The van der Waals surface area contributed by atoms with Gasteiger partial charge in [-0.05, 0) is 42.2 Å². The molecule has 3 nitrogen and oxygen atoms in total. The minimum absolute atomic E-state index is 0.0000690. The smallest absolute Gasteiger partial charge is 0.244 e. The molecule has 1 heterocycles. The molecule has 3 rings (SSSR count). The van der Waals surface area contributed by atoms with Crippen LogP contribution in [0.15, 0.2) is 53.0 Å². The molecule has 0 radical (unpaired) electrons. The van der Waals surface area contributed by atoms with Crippen molar-refractivity contribution < 1.29 is 4.79 Å². The largest absolute Gasteiger partial charge is 0.320 e. The third-order valence-corrected chi connectivity index (χ3v) is 4.31. The average molecular weight is 345 g/mol. The van der Waals surface area contributed by atoms with Crippen molar-refractivity contribution in [2.45, 2.75) is 18.9 Å². The number of nitrogens with two attached hydrogens (primary N) is 1. The molecule has 0 aliphatic carbocycles. The highest BCUT2D eigenvalue weighted by Crippen LogP contribution is 2.30. The molecule has 0 saturated heterocycles. The van der Waals surface area contributed by atoms with Gasteiger partial charge in [0, 0.05) is 16.7 Å². The van der Waals surface area contributed by atoms with Crippen molar-refractivity contribution in [2.24, 2.45) is 5.73 Å². The lowest BCUT2D eigenvalue weighted by Gasteiger charge is -2.21. The maximum Gasteiger partial charge on any atom is 0.244 e. The predicted octanol–water partition coefficient (Wildman–Crippen LogP) is 2.91. The van der Waals surface area contributed by atoms with E-state index in [4.69, 9.17) is 5.73 Å². The Balaban J connectivity index is 1.75. The van der Waals surface area contributed by atoms with Crippen LogP contribution in [0.1, 0.15) is 11.1 Å². The second kappa shape index (κ2) is 6.00. The highest BCUT2D eigenvalue weighted by Gasteiger charge is 2.28. The molecular weight excluding hydrogens is 328 g/mol. The molecule has 21 heavy (non-hydrogen) atoms. The number of carbonyl (C=O) groups is 1. The molecule has 1 aliphatic rings. The lowest BCUT2D eigenvalue weighted by Crippen LogP contribution is -2.44. The monoisotopic (exact) mass is 344 g/mol. The minimum atomic E-state index is -0.498. The highest BCUT2D eigenvalue weighted by molar-refractivity contribution is 9.10. The first-order valence-electron chi connectivity index (χ1n) is 7.04. The molecule has 1 aliphatic heterocycles. The van der Waals surface area contributed by atoms with Crippen molar-refractivity contribution in [3.63, 3.8) is 0 Å². The molecule has 0 unspecified atom stereocenters. The second-order valence-electron chi connectivity index (χ2n) is 5.31. The number of fused-ring (bicyclic) bond motifs is 1. The van der Waals surface area contributed by atoms with E-state index >= 15 is 0 Å².